The highest BCUT2D eigenvalue weighted by Gasteiger charge is 2.08. The summed E-state index contributed by atoms with van der Waals surface area (Å²) in [5, 5.41) is 20.3. The van der Waals surface area contributed by atoms with Crippen LogP contribution in [-0.2, 0) is 9.59 Å². The maximum absolute atomic E-state index is 11.4. The maximum Gasteiger partial charge on any atom is 0.303 e. The van der Waals surface area contributed by atoms with Crippen LogP contribution in [0.3, 0.4) is 0 Å². The van der Waals surface area contributed by atoms with Gasteiger partial charge in [0.05, 0.1) is 6.10 Å². The van der Waals surface area contributed by atoms with Crippen LogP contribution < -0.4 is 5.32 Å². The Morgan fingerprint density at radius 1 is 1.18 bits per heavy atom. The van der Waals surface area contributed by atoms with Crippen molar-refractivity contribution in [3.05, 3.63) is 0 Å². The van der Waals surface area contributed by atoms with Crippen molar-refractivity contribution >= 4 is 11.9 Å². The topological polar surface area (TPSA) is 86.6 Å². The van der Waals surface area contributed by atoms with E-state index in [2.05, 4.69) is 5.32 Å². The zero-order valence-corrected chi connectivity index (χ0v) is 10.6. The number of unbranched alkanes of at least 4 members (excludes halogenated alkanes) is 1. The molecule has 0 radical (unpaired) electrons. The molecule has 0 saturated carbocycles. The van der Waals surface area contributed by atoms with Gasteiger partial charge in [-0.2, -0.15) is 0 Å². The van der Waals surface area contributed by atoms with E-state index in [9.17, 15) is 9.59 Å². The minimum absolute atomic E-state index is 0.0483. The molecule has 0 bridgehead atoms. The van der Waals surface area contributed by atoms with Crippen molar-refractivity contribution in [3.8, 4) is 0 Å². The lowest BCUT2D eigenvalue weighted by Crippen LogP contribution is -2.29. The second kappa shape index (κ2) is 8.98. The van der Waals surface area contributed by atoms with E-state index in [1.165, 1.54) is 0 Å². The molecule has 0 aliphatic carbocycles. The van der Waals surface area contributed by atoms with Gasteiger partial charge in [0, 0.05) is 19.4 Å². The Morgan fingerprint density at radius 3 is 2.29 bits per heavy atom. The molecule has 1 amide bonds. The van der Waals surface area contributed by atoms with Gasteiger partial charge in [0.1, 0.15) is 0 Å². The number of hydrogen-bond donors (Lipinski definition) is 3. The molecule has 0 fully saturated rings. The minimum atomic E-state index is -0.823. The Morgan fingerprint density at radius 2 is 1.76 bits per heavy atom. The number of aliphatic hydroxyl groups is 1. The number of aliphatic hydroxyl groups excluding tert-OH is 1. The summed E-state index contributed by atoms with van der Waals surface area (Å²) in [5.41, 5.74) is 0. The van der Waals surface area contributed by atoms with Crippen molar-refractivity contribution in [1.82, 2.24) is 5.32 Å². The van der Waals surface area contributed by atoms with E-state index in [1.54, 1.807) is 6.92 Å². The number of nitrogens with one attached hydrogen (secondary N) is 1. The smallest absolute Gasteiger partial charge is 0.303 e. The second-order valence-corrected chi connectivity index (χ2v) is 4.59. The molecule has 0 aromatic rings. The molecule has 2 atom stereocenters. The lowest BCUT2D eigenvalue weighted by Gasteiger charge is -2.14. The van der Waals surface area contributed by atoms with Crippen molar-refractivity contribution in [2.75, 3.05) is 6.54 Å². The van der Waals surface area contributed by atoms with Crippen LogP contribution in [0.4, 0.5) is 0 Å². The molecule has 0 heterocycles. The van der Waals surface area contributed by atoms with Crippen LogP contribution in [0, 0.1) is 5.92 Å². The monoisotopic (exact) mass is 245 g/mol. The maximum atomic E-state index is 11.4. The molecule has 0 rings (SSSR count). The summed E-state index contributed by atoms with van der Waals surface area (Å²) in [6.07, 6.45) is 1.94. The third kappa shape index (κ3) is 11.2. The first-order valence-corrected chi connectivity index (χ1v) is 6.08. The predicted molar refractivity (Wildman–Crippen MR) is 64.6 cm³/mol. The van der Waals surface area contributed by atoms with E-state index < -0.39 is 5.97 Å². The van der Waals surface area contributed by atoms with E-state index in [1.807, 2.05) is 6.92 Å². The summed E-state index contributed by atoms with van der Waals surface area (Å²) in [4.78, 5) is 21.6. The fraction of sp³-hybridized carbons (Fsp3) is 0.833. The van der Waals surface area contributed by atoms with Crippen molar-refractivity contribution in [3.63, 3.8) is 0 Å². The van der Waals surface area contributed by atoms with Crippen LogP contribution >= 0.6 is 0 Å². The highest BCUT2D eigenvalue weighted by molar-refractivity contribution is 5.75. The van der Waals surface area contributed by atoms with Gasteiger partial charge >= 0.3 is 5.97 Å². The van der Waals surface area contributed by atoms with Gasteiger partial charge in [-0.1, -0.05) is 6.92 Å². The SMILES string of the molecule is CC(O)CC(C)CNC(=O)CCCCC(=O)O. The van der Waals surface area contributed by atoms with E-state index in [-0.39, 0.29) is 24.3 Å². The first-order valence-electron chi connectivity index (χ1n) is 6.08. The van der Waals surface area contributed by atoms with Gasteiger partial charge in [0.25, 0.3) is 0 Å². The summed E-state index contributed by atoms with van der Waals surface area (Å²) < 4.78 is 0. The van der Waals surface area contributed by atoms with Crippen molar-refractivity contribution in [2.24, 2.45) is 5.92 Å². The largest absolute Gasteiger partial charge is 0.481 e. The first kappa shape index (κ1) is 15.9. The average Bonchev–Trinajstić information content (AvgIpc) is 2.20. The predicted octanol–water partition coefficient (Wildman–Crippen LogP) is 1.15. The zero-order valence-electron chi connectivity index (χ0n) is 10.6. The van der Waals surface area contributed by atoms with Crippen molar-refractivity contribution in [1.29, 1.82) is 0 Å². The molecule has 3 N–H and O–H groups in total. The number of rotatable bonds is 9. The number of carboxylic acids is 1. The van der Waals surface area contributed by atoms with E-state index >= 15 is 0 Å². The van der Waals surface area contributed by atoms with Crippen LogP contribution in [-0.4, -0.2) is 34.7 Å². The van der Waals surface area contributed by atoms with Crippen molar-refractivity contribution < 1.29 is 19.8 Å². The van der Waals surface area contributed by atoms with Crippen LogP contribution in [0.15, 0.2) is 0 Å². The number of hydrogen-bond acceptors (Lipinski definition) is 3. The third-order valence-electron chi connectivity index (χ3n) is 2.44. The summed E-state index contributed by atoms with van der Waals surface area (Å²) in [6, 6.07) is 0. The quantitative estimate of drug-likeness (QED) is 0.532. The van der Waals surface area contributed by atoms with Gasteiger partial charge in [-0.3, -0.25) is 9.59 Å². The van der Waals surface area contributed by atoms with Gasteiger partial charge in [-0.05, 0) is 32.1 Å². The Hall–Kier alpha value is -1.10. The highest BCUT2D eigenvalue weighted by Crippen LogP contribution is 2.04. The molecule has 0 spiro atoms. The molecule has 17 heavy (non-hydrogen) atoms. The molecular formula is C12H23NO4. The highest BCUT2D eigenvalue weighted by atomic mass is 16.4. The molecular weight excluding hydrogens is 222 g/mol. The summed E-state index contributed by atoms with van der Waals surface area (Å²) in [7, 11) is 0. The van der Waals surface area contributed by atoms with E-state index in [4.69, 9.17) is 10.2 Å². The first-order chi connectivity index (χ1) is 7.91. The third-order valence-corrected chi connectivity index (χ3v) is 2.44. The fourth-order valence-corrected chi connectivity index (χ4v) is 1.60. The van der Waals surface area contributed by atoms with Crippen molar-refractivity contribution in [2.45, 2.75) is 52.1 Å². The van der Waals surface area contributed by atoms with Crippen LogP contribution in [0.1, 0.15) is 46.0 Å². The van der Waals surface area contributed by atoms with Gasteiger partial charge in [0.15, 0.2) is 0 Å². The van der Waals surface area contributed by atoms with Crippen LogP contribution in [0.2, 0.25) is 0 Å². The van der Waals surface area contributed by atoms with E-state index in [0.717, 1.165) is 0 Å². The Bertz CT molecular complexity index is 241. The second-order valence-electron chi connectivity index (χ2n) is 4.59. The lowest BCUT2D eigenvalue weighted by atomic mass is 10.0. The molecule has 5 nitrogen and oxygen atoms in total. The molecule has 0 aromatic carbocycles. The molecule has 100 valence electrons. The summed E-state index contributed by atoms with van der Waals surface area (Å²) in [5.74, 6) is -0.623. The van der Waals surface area contributed by atoms with E-state index in [0.29, 0.717) is 32.2 Å². The number of carbonyl (C=O) groups is 2. The number of carboxylic acid groups (broad SMARTS) is 1. The summed E-state index contributed by atoms with van der Waals surface area (Å²) in [6.45, 7) is 4.25. The van der Waals surface area contributed by atoms with Crippen LogP contribution in [0.25, 0.3) is 0 Å². The normalized spacial score (nSPS) is 14.1. The minimum Gasteiger partial charge on any atom is -0.481 e. The standard InChI is InChI=1S/C12H23NO4/c1-9(7-10(2)14)8-13-11(15)5-3-4-6-12(16)17/h9-10,14H,3-8H2,1-2H3,(H,13,15)(H,16,17). The molecule has 2 unspecified atom stereocenters. The lowest BCUT2D eigenvalue weighted by molar-refractivity contribution is -0.137. The van der Waals surface area contributed by atoms with Gasteiger partial charge in [0.2, 0.25) is 5.91 Å². The number of amides is 1. The fourth-order valence-electron chi connectivity index (χ4n) is 1.60. The van der Waals surface area contributed by atoms with Crippen LogP contribution in [0.5, 0.6) is 0 Å². The molecule has 0 saturated heterocycles. The molecule has 5 heteroatoms. The number of aliphatic carboxylic acids is 1. The van der Waals surface area contributed by atoms with Gasteiger partial charge < -0.3 is 15.5 Å². The van der Waals surface area contributed by atoms with Gasteiger partial charge in [-0.25, -0.2) is 0 Å². The molecule has 0 aliphatic rings. The zero-order chi connectivity index (χ0) is 13.3. The Kier molecular flexibility index (Phi) is 8.40. The Labute approximate surface area is 102 Å². The number of carbonyl (C=O) groups excluding carboxylic acids is 1. The molecule has 0 aliphatic heterocycles. The average molecular weight is 245 g/mol. The molecule has 0 aromatic heterocycles. The van der Waals surface area contributed by atoms with Gasteiger partial charge in [-0.15, -0.1) is 0 Å². The summed E-state index contributed by atoms with van der Waals surface area (Å²) >= 11 is 0. The Balaban J connectivity index is 3.49.